The summed E-state index contributed by atoms with van der Waals surface area (Å²) < 4.78 is 13.9. The third-order valence-corrected chi connectivity index (χ3v) is 7.42. The molecule has 3 aromatic rings. The maximum Gasteiger partial charge on any atom is 0.244 e. The Labute approximate surface area is 237 Å². The van der Waals surface area contributed by atoms with E-state index in [0.29, 0.717) is 52.6 Å². The van der Waals surface area contributed by atoms with Crippen LogP contribution in [0.25, 0.3) is 10.9 Å². The predicted octanol–water partition coefficient (Wildman–Crippen LogP) is 4.51. The summed E-state index contributed by atoms with van der Waals surface area (Å²) in [6.45, 7) is 8.81. The number of aryl methyl sites for hydroxylation is 1. The number of aromatic nitrogens is 2. The maximum absolute atomic E-state index is 13.9. The van der Waals surface area contributed by atoms with Crippen LogP contribution in [0.2, 0.25) is 5.02 Å². The van der Waals surface area contributed by atoms with Crippen molar-refractivity contribution in [2.45, 2.75) is 52.1 Å². The van der Waals surface area contributed by atoms with Gasteiger partial charge in [-0.3, -0.25) is 14.8 Å². The van der Waals surface area contributed by atoms with Crippen molar-refractivity contribution in [3.05, 3.63) is 70.2 Å². The van der Waals surface area contributed by atoms with Gasteiger partial charge in [0.15, 0.2) is 0 Å². The second-order valence-electron chi connectivity index (χ2n) is 11.4. The average Bonchev–Trinajstić information content (AvgIpc) is 3.56. The summed E-state index contributed by atoms with van der Waals surface area (Å²) in [6.07, 6.45) is 10.6. The molecule has 0 radical (unpaired) electrons. The lowest BCUT2D eigenvalue weighted by Crippen LogP contribution is -2.51. The summed E-state index contributed by atoms with van der Waals surface area (Å²) in [5.74, 6) is 1.74. The van der Waals surface area contributed by atoms with Crippen molar-refractivity contribution in [1.82, 2.24) is 25.9 Å². The molecule has 1 aliphatic carbocycles. The quantitative estimate of drug-likeness (QED) is 0.201. The van der Waals surface area contributed by atoms with Crippen LogP contribution in [0.4, 0.5) is 15.8 Å². The second-order valence-corrected chi connectivity index (χ2v) is 11.8. The van der Waals surface area contributed by atoms with Gasteiger partial charge in [-0.1, -0.05) is 44.4 Å². The summed E-state index contributed by atoms with van der Waals surface area (Å²) >= 11 is 6.74. The zero-order valence-electron chi connectivity index (χ0n) is 22.8. The monoisotopic (exact) mass is 562 g/mol. The highest BCUT2D eigenvalue weighted by molar-refractivity contribution is 6.35. The summed E-state index contributed by atoms with van der Waals surface area (Å²) in [6, 6.07) is 6.20. The van der Waals surface area contributed by atoms with E-state index in [1.807, 2.05) is 6.07 Å². The van der Waals surface area contributed by atoms with Crippen molar-refractivity contribution in [3.8, 4) is 12.3 Å². The van der Waals surface area contributed by atoms with Gasteiger partial charge in [0.25, 0.3) is 0 Å². The third kappa shape index (κ3) is 5.22. The number of rotatable bonds is 8. The van der Waals surface area contributed by atoms with E-state index in [-0.39, 0.29) is 5.41 Å². The molecule has 0 unspecified atom stereocenters. The molecule has 208 valence electrons. The average molecular weight is 563 g/mol. The van der Waals surface area contributed by atoms with Crippen molar-refractivity contribution in [2.75, 3.05) is 17.2 Å². The topological polar surface area (TPSA) is 120 Å². The Morgan fingerprint density at radius 2 is 2.10 bits per heavy atom. The zero-order chi connectivity index (χ0) is 28.8. The number of carbonyl (C=O) groups excluding carboxylic acids is 1. The van der Waals surface area contributed by atoms with Crippen LogP contribution in [-0.2, 0) is 4.79 Å². The van der Waals surface area contributed by atoms with Gasteiger partial charge in [-0.15, -0.1) is 12.0 Å². The number of pyridine rings is 2. The number of hydrazine groups is 2. The number of nitrogens with two attached hydrogens (primary N) is 1. The van der Waals surface area contributed by atoms with E-state index in [2.05, 4.69) is 58.3 Å². The highest BCUT2D eigenvalue weighted by Crippen LogP contribution is 2.43. The van der Waals surface area contributed by atoms with Crippen molar-refractivity contribution in [2.24, 2.45) is 11.1 Å². The number of nitrogens with zero attached hydrogens (tertiary/aromatic N) is 3. The SMILES string of the molecule is C#Cc1cnc2c(Cl)cc(N[C@H](C3=CN(C4(C(N)=O)CC4)NN3)c3ccc(F)nc3C)cc2c1NCC(C)(C)C. The molecule has 0 spiro atoms. The normalized spacial score (nSPS) is 16.6. The number of amides is 1. The molecule has 11 heteroatoms. The first kappa shape index (κ1) is 27.5. The van der Waals surface area contributed by atoms with Crippen molar-refractivity contribution in [3.63, 3.8) is 0 Å². The molecule has 40 heavy (non-hydrogen) atoms. The number of primary amides is 1. The van der Waals surface area contributed by atoms with E-state index in [4.69, 9.17) is 23.8 Å². The molecule has 6 N–H and O–H groups in total. The van der Waals surface area contributed by atoms with Gasteiger partial charge in [0.2, 0.25) is 11.9 Å². The molecule has 1 atom stereocenters. The van der Waals surface area contributed by atoms with Crippen LogP contribution in [0.5, 0.6) is 0 Å². The van der Waals surface area contributed by atoms with Crippen LogP contribution in [0, 0.1) is 30.6 Å². The largest absolute Gasteiger partial charge is 0.383 e. The summed E-state index contributed by atoms with van der Waals surface area (Å²) in [5.41, 5.74) is 15.7. The summed E-state index contributed by atoms with van der Waals surface area (Å²) in [5, 5.41) is 9.91. The molecule has 3 heterocycles. The lowest BCUT2D eigenvalue weighted by Gasteiger charge is -2.24. The predicted molar refractivity (Wildman–Crippen MR) is 155 cm³/mol. The Morgan fingerprint density at radius 3 is 2.73 bits per heavy atom. The molecule has 1 fully saturated rings. The van der Waals surface area contributed by atoms with Gasteiger partial charge in [0.05, 0.1) is 33.5 Å². The van der Waals surface area contributed by atoms with E-state index in [0.717, 1.165) is 16.6 Å². The fourth-order valence-electron chi connectivity index (χ4n) is 4.76. The third-order valence-electron chi connectivity index (χ3n) is 7.13. The fraction of sp³-hybridized carbons (Fsp3) is 0.345. The Kier molecular flexibility index (Phi) is 6.98. The molecule has 2 aliphatic rings. The summed E-state index contributed by atoms with van der Waals surface area (Å²) in [4.78, 5) is 20.7. The number of benzene rings is 1. The number of terminal acetylenes is 1. The molecule has 1 saturated carbocycles. The van der Waals surface area contributed by atoms with Gasteiger partial charge in [-0.25, -0.2) is 4.98 Å². The molecular weight excluding hydrogens is 531 g/mol. The van der Waals surface area contributed by atoms with Crippen LogP contribution < -0.4 is 27.3 Å². The number of halogens is 2. The van der Waals surface area contributed by atoms with E-state index < -0.39 is 23.4 Å². The minimum atomic E-state index is -0.785. The molecule has 1 aliphatic heterocycles. The number of fused-ring (bicyclic) bond motifs is 1. The van der Waals surface area contributed by atoms with Gasteiger partial charge in [0, 0.05) is 41.3 Å². The standard InChI is InChI=1S/C29H32ClFN8O/c1-6-17-13-33-25-20(24(17)34-15-28(3,4)5)11-18(12-21(25)30)36-26(19-7-8-23(31)35-16(19)2)22-14-39(38-37-22)29(9-10-29)27(32)40/h1,7-8,11-14,26,36-38H,9-10,15H2,2-5H3,(H2,32,40)(H,33,34)/t26-/m0/s1. The molecule has 1 aromatic carbocycles. The van der Waals surface area contributed by atoms with Crippen LogP contribution >= 0.6 is 11.6 Å². The van der Waals surface area contributed by atoms with Gasteiger partial charge in [-0.05, 0) is 43.4 Å². The number of hydrogen-bond donors (Lipinski definition) is 5. The van der Waals surface area contributed by atoms with E-state index in [1.54, 1.807) is 36.5 Å². The van der Waals surface area contributed by atoms with Gasteiger partial charge in [-0.2, -0.15) is 4.39 Å². The molecule has 2 aromatic heterocycles. The molecule has 0 saturated heterocycles. The maximum atomic E-state index is 13.9. The summed E-state index contributed by atoms with van der Waals surface area (Å²) in [7, 11) is 0. The van der Waals surface area contributed by atoms with E-state index in [9.17, 15) is 9.18 Å². The number of carbonyl (C=O) groups is 1. The molecular formula is C29H32ClFN8O. The van der Waals surface area contributed by atoms with E-state index in [1.165, 1.54) is 6.07 Å². The number of anilines is 2. The Hall–Kier alpha value is -4.07. The first-order valence-electron chi connectivity index (χ1n) is 13.0. The highest BCUT2D eigenvalue weighted by atomic mass is 35.5. The van der Waals surface area contributed by atoms with Gasteiger partial charge in [0.1, 0.15) is 5.54 Å². The number of hydrogen-bond acceptors (Lipinski definition) is 8. The Balaban J connectivity index is 1.58. The first-order chi connectivity index (χ1) is 18.9. The lowest BCUT2D eigenvalue weighted by molar-refractivity contribution is -0.124. The van der Waals surface area contributed by atoms with Crippen LogP contribution in [0.3, 0.4) is 0 Å². The van der Waals surface area contributed by atoms with Crippen LogP contribution in [0.15, 0.2) is 42.4 Å². The molecule has 0 bridgehead atoms. The lowest BCUT2D eigenvalue weighted by atomic mass is 9.96. The van der Waals surface area contributed by atoms with Crippen molar-refractivity contribution in [1.29, 1.82) is 0 Å². The van der Waals surface area contributed by atoms with Crippen molar-refractivity contribution < 1.29 is 9.18 Å². The fourth-order valence-corrected chi connectivity index (χ4v) is 5.03. The highest BCUT2D eigenvalue weighted by Gasteiger charge is 2.54. The molecule has 5 rings (SSSR count). The zero-order valence-corrected chi connectivity index (χ0v) is 23.6. The smallest absolute Gasteiger partial charge is 0.244 e. The minimum absolute atomic E-state index is 0.00262. The Morgan fingerprint density at radius 1 is 1.35 bits per heavy atom. The Bertz CT molecular complexity index is 1570. The number of nitrogens with one attached hydrogen (secondary N) is 4. The van der Waals surface area contributed by atoms with E-state index >= 15 is 0 Å². The second kappa shape index (κ2) is 10.2. The molecule has 1 amide bonds. The minimum Gasteiger partial charge on any atom is -0.383 e. The van der Waals surface area contributed by atoms with Crippen molar-refractivity contribution >= 4 is 39.8 Å². The first-order valence-corrected chi connectivity index (χ1v) is 13.3. The van der Waals surface area contributed by atoms with Gasteiger partial charge < -0.3 is 21.8 Å². The molecule has 9 nitrogen and oxygen atoms in total. The van der Waals surface area contributed by atoms with Crippen LogP contribution in [-0.4, -0.2) is 33.0 Å². The van der Waals surface area contributed by atoms with Crippen LogP contribution in [0.1, 0.15) is 56.5 Å². The van der Waals surface area contributed by atoms with Gasteiger partial charge >= 0.3 is 0 Å².